The van der Waals surface area contributed by atoms with E-state index in [1.54, 1.807) is 41.9 Å². The van der Waals surface area contributed by atoms with E-state index < -0.39 is 10.0 Å². The summed E-state index contributed by atoms with van der Waals surface area (Å²) in [4.78, 5) is 7.11. The van der Waals surface area contributed by atoms with Crippen LogP contribution in [-0.4, -0.2) is 48.8 Å². The molecule has 3 aromatic rings. The number of piperazine rings is 1. The van der Waals surface area contributed by atoms with E-state index in [0.717, 1.165) is 16.5 Å². The predicted molar refractivity (Wildman–Crippen MR) is 105 cm³/mol. The molecule has 1 aliphatic rings. The van der Waals surface area contributed by atoms with Gasteiger partial charge in [-0.3, -0.25) is 4.90 Å². The Bertz CT molecular complexity index is 993. The summed E-state index contributed by atoms with van der Waals surface area (Å²) in [5, 5.41) is 3.50. The Kier molecular flexibility index (Phi) is 5.34. The van der Waals surface area contributed by atoms with Gasteiger partial charge in [-0.05, 0) is 36.4 Å². The molecule has 0 N–H and O–H groups in total. The van der Waals surface area contributed by atoms with Crippen LogP contribution < -0.4 is 0 Å². The van der Waals surface area contributed by atoms with Gasteiger partial charge in [0, 0.05) is 36.6 Å². The van der Waals surface area contributed by atoms with Crippen molar-refractivity contribution in [2.75, 3.05) is 26.2 Å². The Balaban J connectivity index is 1.37. The lowest BCUT2D eigenvalue weighted by atomic mass is 10.3. The first-order chi connectivity index (χ1) is 13.0. The van der Waals surface area contributed by atoms with Gasteiger partial charge >= 0.3 is 0 Å². The second kappa shape index (κ2) is 7.73. The molecule has 1 aromatic carbocycles. The minimum absolute atomic E-state index is 0.281. The molecule has 0 radical (unpaired) electrons. The lowest BCUT2D eigenvalue weighted by molar-refractivity contribution is 0.181. The summed E-state index contributed by atoms with van der Waals surface area (Å²) in [5.74, 6) is 0.761. The number of hydrogen-bond donors (Lipinski definition) is 0. The van der Waals surface area contributed by atoms with Crippen molar-refractivity contribution in [3.8, 4) is 11.5 Å². The second-order valence-corrected chi connectivity index (χ2v) is 9.55. The average molecular weight is 424 g/mol. The van der Waals surface area contributed by atoms with Crippen molar-refractivity contribution in [3.05, 3.63) is 58.1 Å². The molecule has 1 saturated heterocycles. The third-order valence-corrected chi connectivity index (χ3v) is 7.47. The highest BCUT2D eigenvalue weighted by Crippen LogP contribution is 2.24. The van der Waals surface area contributed by atoms with Crippen molar-refractivity contribution in [2.45, 2.75) is 11.4 Å². The molecule has 142 valence electrons. The molecule has 0 amide bonds. The molecule has 9 heteroatoms. The van der Waals surface area contributed by atoms with Crippen molar-refractivity contribution < 1.29 is 12.8 Å². The van der Waals surface area contributed by atoms with Gasteiger partial charge < -0.3 is 4.42 Å². The van der Waals surface area contributed by atoms with Crippen LogP contribution >= 0.6 is 22.9 Å². The molecule has 2 aromatic heterocycles. The maximum atomic E-state index is 12.7. The van der Waals surface area contributed by atoms with Gasteiger partial charge in [0.2, 0.25) is 10.0 Å². The number of halogens is 1. The number of rotatable bonds is 5. The number of sulfonamides is 1. The quantitative estimate of drug-likeness (QED) is 0.627. The maximum absolute atomic E-state index is 12.7. The lowest BCUT2D eigenvalue weighted by Gasteiger charge is -2.33. The summed E-state index contributed by atoms with van der Waals surface area (Å²) in [6.45, 7) is 2.97. The van der Waals surface area contributed by atoms with E-state index in [0.29, 0.717) is 37.7 Å². The normalized spacial score (nSPS) is 16.6. The molecule has 27 heavy (non-hydrogen) atoms. The molecular formula is C18H18ClN3O3S2. The monoisotopic (exact) mass is 423 g/mol. The topological polar surface area (TPSA) is 66.7 Å². The summed E-state index contributed by atoms with van der Waals surface area (Å²) in [6.07, 6.45) is 1.63. The molecule has 6 nitrogen and oxygen atoms in total. The third kappa shape index (κ3) is 4.09. The van der Waals surface area contributed by atoms with Gasteiger partial charge in [0.1, 0.15) is 10.7 Å². The zero-order chi connectivity index (χ0) is 18.9. The van der Waals surface area contributed by atoms with E-state index in [1.807, 2.05) is 17.5 Å². The average Bonchev–Trinajstić information content (AvgIpc) is 3.34. The first-order valence-electron chi connectivity index (χ1n) is 8.49. The Hall–Kier alpha value is -1.71. The SMILES string of the molecule is O=S(=O)(c1ccc(Cl)cc1)N1CCN(Cc2nc(-c3ccco3)cs2)CC1. The van der Waals surface area contributed by atoms with Crippen molar-refractivity contribution in [1.82, 2.24) is 14.2 Å². The van der Waals surface area contributed by atoms with Crippen molar-refractivity contribution >= 4 is 33.0 Å². The van der Waals surface area contributed by atoms with E-state index in [4.69, 9.17) is 16.0 Å². The minimum atomic E-state index is -3.48. The minimum Gasteiger partial charge on any atom is -0.463 e. The molecule has 0 saturated carbocycles. The van der Waals surface area contributed by atoms with Crippen LogP contribution in [0.4, 0.5) is 0 Å². The van der Waals surface area contributed by atoms with Gasteiger partial charge in [0.15, 0.2) is 5.76 Å². The number of nitrogens with zero attached hydrogens (tertiary/aromatic N) is 3. The number of hydrogen-bond acceptors (Lipinski definition) is 6. The van der Waals surface area contributed by atoms with Crippen molar-refractivity contribution in [2.24, 2.45) is 0 Å². The van der Waals surface area contributed by atoms with Crippen LogP contribution in [0.1, 0.15) is 5.01 Å². The van der Waals surface area contributed by atoms with Crippen LogP contribution in [0.5, 0.6) is 0 Å². The van der Waals surface area contributed by atoms with Crippen LogP contribution in [0.2, 0.25) is 5.02 Å². The fourth-order valence-electron chi connectivity index (χ4n) is 3.00. The summed E-state index contributed by atoms with van der Waals surface area (Å²) in [6, 6.07) is 10.0. The van der Waals surface area contributed by atoms with Gasteiger partial charge in [0.05, 0.1) is 17.7 Å². The zero-order valence-electron chi connectivity index (χ0n) is 14.4. The van der Waals surface area contributed by atoms with Crippen LogP contribution in [0.15, 0.2) is 57.4 Å². The molecule has 4 rings (SSSR count). The Morgan fingerprint density at radius 1 is 1.11 bits per heavy atom. The summed E-state index contributed by atoms with van der Waals surface area (Å²) in [7, 11) is -3.48. The standard InChI is InChI=1S/C18H18ClN3O3S2/c19-14-3-5-15(6-4-14)27(23,24)22-9-7-21(8-10-22)12-18-20-16(13-26-18)17-2-1-11-25-17/h1-6,11,13H,7-10,12H2. The fraction of sp³-hybridized carbons (Fsp3) is 0.278. The van der Waals surface area contributed by atoms with E-state index in [2.05, 4.69) is 9.88 Å². The number of benzene rings is 1. The first-order valence-corrected chi connectivity index (χ1v) is 11.2. The van der Waals surface area contributed by atoms with E-state index in [1.165, 1.54) is 4.31 Å². The summed E-state index contributed by atoms with van der Waals surface area (Å²) >= 11 is 7.44. The van der Waals surface area contributed by atoms with Crippen LogP contribution in [0, 0.1) is 0 Å². The molecule has 0 unspecified atom stereocenters. The molecule has 1 aliphatic heterocycles. The molecule has 1 fully saturated rings. The van der Waals surface area contributed by atoms with Gasteiger partial charge in [-0.1, -0.05) is 11.6 Å². The molecule has 3 heterocycles. The molecule has 0 aliphatic carbocycles. The zero-order valence-corrected chi connectivity index (χ0v) is 16.8. The highest BCUT2D eigenvalue weighted by atomic mass is 35.5. The summed E-state index contributed by atoms with van der Waals surface area (Å²) in [5.41, 5.74) is 0.837. The summed E-state index contributed by atoms with van der Waals surface area (Å²) < 4.78 is 32.4. The van der Waals surface area contributed by atoms with Gasteiger partial charge in [-0.25, -0.2) is 13.4 Å². The lowest BCUT2D eigenvalue weighted by Crippen LogP contribution is -2.48. The van der Waals surface area contributed by atoms with Crippen LogP contribution in [0.25, 0.3) is 11.5 Å². The van der Waals surface area contributed by atoms with Crippen LogP contribution in [-0.2, 0) is 16.6 Å². The Morgan fingerprint density at radius 2 is 1.85 bits per heavy atom. The van der Waals surface area contributed by atoms with Crippen molar-refractivity contribution in [3.63, 3.8) is 0 Å². The molecule has 0 bridgehead atoms. The highest BCUT2D eigenvalue weighted by molar-refractivity contribution is 7.89. The smallest absolute Gasteiger partial charge is 0.243 e. The van der Waals surface area contributed by atoms with Gasteiger partial charge in [-0.2, -0.15) is 4.31 Å². The molecule has 0 atom stereocenters. The number of thiazole rings is 1. The Morgan fingerprint density at radius 3 is 2.52 bits per heavy atom. The second-order valence-electron chi connectivity index (χ2n) is 6.24. The van der Waals surface area contributed by atoms with Gasteiger partial charge in [0.25, 0.3) is 0 Å². The Labute approximate surface area is 167 Å². The van der Waals surface area contributed by atoms with E-state index >= 15 is 0 Å². The van der Waals surface area contributed by atoms with E-state index in [-0.39, 0.29) is 4.90 Å². The predicted octanol–water partition coefficient (Wildman–Crippen LogP) is 3.56. The highest BCUT2D eigenvalue weighted by Gasteiger charge is 2.28. The van der Waals surface area contributed by atoms with Gasteiger partial charge in [-0.15, -0.1) is 11.3 Å². The largest absolute Gasteiger partial charge is 0.463 e. The maximum Gasteiger partial charge on any atom is 0.243 e. The molecule has 0 spiro atoms. The first kappa shape index (κ1) is 18.6. The number of furan rings is 1. The van der Waals surface area contributed by atoms with E-state index in [9.17, 15) is 8.42 Å². The fourth-order valence-corrected chi connectivity index (χ4v) is 5.37. The number of aromatic nitrogens is 1. The van der Waals surface area contributed by atoms with Crippen LogP contribution in [0.3, 0.4) is 0 Å². The third-order valence-electron chi connectivity index (χ3n) is 4.47. The van der Waals surface area contributed by atoms with Crippen molar-refractivity contribution in [1.29, 1.82) is 0 Å². The molecular weight excluding hydrogens is 406 g/mol.